The number of likely N-dealkylation sites (tertiary alicyclic amines) is 1. The van der Waals surface area contributed by atoms with Crippen molar-refractivity contribution in [2.24, 2.45) is 0 Å². The molecule has 4 heteroatoms. The summed E-state index contributed by atoms with van der Waals surface area (Å²) in [6.45, 7) is 6.97. The number of piperidine rings is 1. The minimum absolute atomic E-state index is 0.0132. The normalized spacial score (nSPS) is 15.8. The van der Waals surface area contributed by atoms with Gasteiger partial charge in [0.15, 0.2) is 0 Å². The molecule has 1 N–H and O–H groups in total. The number of nitrogens with one attached hydrogen (secondary N) is 1. The van der Waals surface area contributed by atoms with Crippen molar-refractivity contribution in [3.05, 3.63) is 65.7 Å². The fourth-order valence-electron chi connectivity index (χ4n) is 3.33. The Bertz CT molecular complexity index is 707. The molecular weight excluding hydrogens is 324 g/mol. The van der Waals surface area contributed by atoms with E-state index in [9.17, 15) is 4.79 Å². The third kappa shape index (κ3) is 5.33. The van der Waals surface area contributed by atoms with E-state index in [0.29, 0.717) is 5.56 Å². The summed E-state index contributed by atoms with van der Waals surface area (Å²) in [4.78, 5) is 15.0. The van der Waals surface area contributed by atoms with Gasteiger partial charge in [-0.3, -0.25) is 9.69 Å². The molecule has 0 radical (unpaired) electrons. The van der Waals surface area contributed by atoms with Gasteiger partial charge in [-0.15, -0.1) is 0 Å². The molecule has 1 amide bonds. The average molecular weight is 352 g/mol. The molecule has 1 heterocycles. The zero-order chi connectivity index (χ0) is 18.4. The molecule has 0 aliphatic carbocycles. The molecule has 0 unspecified atom stereocenters. The Balaban J connectivity index is 1.49. The third-order valence-corrected chi connectivity index (χ3v) is 4.64. The van der Waals surface area contributed by atoms with Gasteiger partial charge in [0.1, 0.15) is 5.75 Å². The summed E-state index contributed by atoms with van der Waals surface area (Å²) >= 11 is 0. The van der Waals surface area contributed by atoms with Gasteiger partial charge >= 0.3 is 0 Å². The molecule has 0 bridgehead atoms. The van der Waals surface area contributed by atoms with E-state index >= 15 is 0 Å². The summed E-state index contributed by atoms with van der Waals surface area (Å²) < 4.78 is 5.68. The molecule has 1 fully saturated rings. The summed E-state index contributed by atoms with van der Waals surface area (Å²) in [5.74, 6) is 0.728. The zero-order valence-corrected chi connectivity index (χ0v) is 15.7. The highest BCUT2D eigenvalue weighted by Gasteiger charge is 2.21. The summed E-state index contributed by atoms with van der Waals surface area (Å²) in [5, 5.41) is 3.18. The number of nitrogens with zero attached hydrogens (tertiary/aromatic N) is 1. The number of amides is 1. The van der Waals surface area contributed by atoms with Crippen LogP contribution >= 0.6 is 0 Å². The third-order valence-electron chi connectivity index (χ3n) is 4.64. The monoisotopic (exact) mass is 352 g/mol. The second kappa shape index (κ2) is 8.86. The van der Waals surface area contributed by atoms with E-state index in [1.165, 1.54) is 5.56 Å². The van der Waals surface area contributed by atoms with Crippen molar-refractivity contribution >= 4 is 5.91 Å². The van der Waals surface area contributed by atoms with Gasteiger partial charge in [-0.05, 0) is 50.5 Å². The fraction of sp³-hybridized carbons (Fsp3) is 0.409. The first-order valence-corrected chi connectivity index (χ1v) is 9.44. The summed E-state index contributed by atoms with van der Waals surface area (Å²) in [6.07, 6.45) is 2.07. The first kappa shape index (κ1) is 18.5. The van der Waals surface area contributed by atoms with Crippen molar-refractivity contribution in [1.29, 1.82) is 0 Å². The van der Waals surface area contributed by atoms with Gasteiger partial charge in [0.25, 0.3) is 5.91 Å². The maximum atomic E-state index is 12.5. The molecule has 4 nitrogen and oxygen atoms in total. The highest BCUT2D eigenvalue weighted by Crippen LogP contribution is 2.17. The standard InChI is InChI=1S/C22H28N2O2/c1-17(2)26-21-10-6-9-19(15-21)22(25)23-20-11-13-24(14-12-20)16-18-7-4-3-5-8-18/h3-10,15,17,20H,11-14,16H2,1-2H3,(H,23,25). The lowest BCUT2D eigenvalue weighted by atomic mass is 10.0. The van der Waals surface area contributed by atoms with E-state index in [-0.39, 0.29) is 18.1 Å². The van der Waals surface area contributed by atoms with E-state index in [1.807, 2.05) is 44.2 Å². The highest BCUT2D eigenvalue weighted by atomic mass is 16.5. The SMILES string of the molecule is CC(C)Oc1cccc(C(=O)NC2CCN(Cc3ccccc3)CC2)c1. The van der Waals surface area contributed by atoms with Crippen LogP contribution in [0.25, 0.3) is 0 Å². The van der Waals surface area contributed by atoms with E-state index in [0.717, 1.165) is 38.2 Å². The van der Waals surface area contributed by atoms with Crippen LogP contribution in [0.5, 0.6) is 5.75 Å². The number of ether oxygens (including phenoxy) is 1. The maximum Gasteiger partial charge on any atom is 0.251 e. The molecule has 26 heavy (non-hydrogen) atoms. The maximum absolute atomic E-state index is 12.5. The van der Waals surface area contributed by atoms with Crippen molar-refractivity contribution < 1.29 is 9.53 Å². The lowest BCUT2D eigenvalue weighted by Gasteiger charge is -2.32. The van der Waals surface area contributed by atoms with Gasteiger partial charge in [0, 0.05) is 31.2 Å². The minimum Gasteiger partial charge on any atom is -0.491 e. The molecule has 1 aliphatic rings. The van der Waals surface area contributed by atoms with Gasteiger partial charge in [-0.25, -0.2) is 0 Å². The van der Waals surface area contributed by atoms with E-state index in [1.54, 1.807) is 0 Å². The Morgan fingerprint density at radius 1 is 1.12 bits per heavy atom. The Kier molecular flexibility index (Phi) is 6.29. The lowest BCUT2D eigenvalue weighted by molar-refractivity contribution is 0.0908. The van der Waals surface area contributed by atoms with Crippen LogP contribution in [0.3, 0.4) is 0 Å². The van der Waals surface area contributed by atoms with Crippen LogP contribution in [0.15, 0.2) is 54.6 Å². The van der Waals surface area contributed by atoms with Crippen LogP contribution in [0.2, 0.25) is 0 Å². The topological polar surface area (TPSA) is 41.6 Å². The van der Waals surface area contributed by atoms with Crippen LogP contribution in [-0.4, -0.2) is 36.0 Å². The first-order valence-electron chi connectivity index (χ1n) is 9.44. The largest absolute Gasteiger partial charge is 0.491 e. The smallest absolute Gasteiger partial charge is 0.251 e. The van der Waals surface area contributed by atoms with E-state index < -0.39 is 0 Å². The molecule has 3 rings (SSSR count). The Morgan fingerprint density at radius 3 is 2.54 bits per heavy atom. The molecule has 1 saturated heterocycles. The highest BCUT2D eigenvalue weighted by molar-refractivity contribution is 5.94. The number of rotatable bonds is 6. The van der Waals surface area contributed by atoms with Crippen molar-refractivity contribution in [3.8, 4) is 5.75 Å². The predicted octanol–water partition coefficient (Wildman–Crippen LogP) is 3.87. The second-order valence-corrected chi connectivity index (χ2v) is 7.20. The molecule has 0 saturated carbocycles. The number of hydrogen-bond donors (Lipinski definition) is 1. The Labute approximate surface area is 156 Å². The predicted molar refractivity (Wildman–Crippen MR) is 104 cm³/mol. The lowest BCUT2D eigenvalue weighted by Crippen LogP contribution is -2.44. The fourth-order valence-corrected chi connectivity index (χ4v) is 3.33. The van der Waals surface area contributed by atoms with Gasteiger partial charge in [-0.1, -0.05) is 36.4 Å². The summed E-state index contributed by atoms with van der Waals surface area (Å²) in [7, 11) is 0. The second-order valence-electron chi connectivity index (χ2n) is 7.20. The molecule has 1 aliphatic heterocycles. The van der Waals surface area contributed by atoms with Gasteiger partial charge in [0.05, 0.1) is 6.10 Å². The van der Waals surface area contributed by atoms with E-state index in [4.69, 9.17) is 4.74 Å². The van der Waals surface area contributed by atoms with Gasteiger partial charge < -0.3 is 10.1 Å². The van der Waals surface area contributed by atoms with Crippen LogP contribution in [0, 0.1) is 0 Å². The Hall–Kier alpha value is -2.33. The number of carbonyl (C=O) groups is 1. The van der Waals surface area contributed by atoms with Crippen molar-refractivity contribution in [2.45, 2.75) is 45.4 Å². The van der Waals surface area contributed by atoms with Crippen molar-refractivity contribution in [3.63, 3.8) is 0 Å². The molecule has 0 aromatic heterocycles. The van der Waals surface area contributed by atoms with Gasteiger partial charge in [0.2, 0.25) is 0 Å². The summed E-state index contributed by atoms with van der Waals surface area (Å²) in [6, 6.07) is 18.2. The molecular formula is C22H28N2O2. The first-order chi connectivity index (χ1) is 12.6. The van der Waals surface area contributed by atoms with Gasteiger partial charge in [-0.2, -0.15) is 0 Å². The van der Waals surface area contributed by atoms with Crippen LogP contribution < -0.4 is 10.1 Å². The zero-order valence-electron chi connectivity index (χ0n) is 15.7. The van der Waals surface area contributed by atoms with Crippen LogP contribution in [0.4, 0.5) is 0 Å². The van der Waals surface area contributed by atoms with Crippen molar-refractivity contribution in [2.75, 3.05) is 13.1 Å². The molecule has 138 valence electrons. The van der Waals surface area contributed by atoms with Crippen molar-refractivity contribution in [1.82, 2.24) is 10.2 Å². The van der Waals surface area contributed by atoms with Crippen LogP contribution in [0.1, 0.15) is 42.6 Å². The van der Waals surface area contributed by atoms with Crippen LogP contribution in [-0.2, 0) is 6.54 Å². The Morgan fingerprint density at radius 2 is 1.85 bits per heavy atom. The molecule has 0 spiro atoms. The number of benzene rings is 2. The molecule has 2 aromatic rings. The minimum atomic E-state index is -0.0132. The molecule has 2 aromatic carbocycles. The average Bonchev–Trinajstić information content (AvgIpc) is 2.64. The number of hydrogen-bond acceptors (Lipinski definition) is 3. The van der Waals surface area contributed by atoms with E-state index in [2.05, 4.69) is 34.5 Å². The quantitative estimate of drug-likeness (QED) is 0.858. The summed E-state index contributed by atoms with van der Waals surface area (Å²) in [5.41, 5.74) is 2.01. The number of carbonyl (C=O) groups excluding carboxylic acids is 1. The molecule has 0 atom stereocenters.